The van der Waals surface area contributed by atoms with E-state index >= 15 is 0 Å². The molecule has 23 heavy (non-hydrogen) atoms. The van der Waals surface area contributed by atoms with Crippen molar-refractivity contribution in [3.05, 3.63) is 56.5 Å². The lowest BCUT2D eigenvalue weighted by Gasteiger charge is -2.08. The lowest BCUT2D eigenvalue weighted by Crippen LogP contribution is -1.96. The molecule has 5 nitrogen and oxygen atoms in total. The van der Waals surface area contributed by atoms with Gasteiger partial charge in [0, 0.05) is 11.1 Å². The lowest BCUT2D eigenvalue weighted by molar-refractivity contribution is -0.383. The van der Waals surface area contributed by atoms with Gasteiger partial charge in [-0.2, -0.15) is 0 Å². The molecule has 0 atom stereocenters. The van der Waals surface area contributed by atoms with Gasteiger partial charge in [-0.25, -0.2) is 0 Å². The number of aromatic amines is 1. The van der Waals surface area contributed by atoms with Gasteiger partial charge in [-0.05, 0) is 34.5 Å². The zero-order valence-corrected chi connectivity index (χ0v) is 14.2. The quantitative estimate of drug-likeness (QED) is 0.347. The van der Waals surface area contributed by atoms with Crippen LogP contribution >= 0.6 is 28.4 Å². The number of aromatic nitrogens is 1. The average Bonchev–Trinajstić information content (AvgIpc) is 2.97. The predicted molar refractivity (Wildman–Crippen MR) is 92.2 cm³/mol. The van der Waals surface area contributed by atoms with Crippen molar-refractivity contribution in [3.63, 3.8) is 0 Å². The second kappa shape index (κ2) is 6.21. The maximum Gasteiger partial charge on any atom is 0.300 e. The molecular formula is C15H10BrFN2O3S. The van der Waals surface area contributed by atoms with E-state index in [-0.39, 0.29) is 29.4 Å². The van der Waals surface area contributed by atoms with E-state index in [0.717, 1.165) is 11.3 Å². The van der Waals surface area contributed by atoms with E-state index in [2.05, 4.69) is 20.9 Å². The molecule has 1 N–H and O–H groups in total. The van der Waals surface area contributed by atoms with Gasteiger partial charge >= 0.3 is 0 Å². The third-order valence-electron chi connectivity index (χ3n) is 3.57. The third-order valence-corrected chi connectivity index (χ3v) is 4.59. The smallest absolute Gasteiger partial charge is 0.300 e. The van der Waals surface area contributed by atoms with E-state index in [9.17, 15) is 14.0 Å². The zero-order valence-electron chi connectivity index (χ0n) is 11.8. The van der Waals surface area contributed by atoms with E-state index in [1.54, 1.807) is 6.07 Å². The molecule has 1 aromatic heterocycles. The number of nitro benzene ring substituents is 1. The summed E-state index contributed by atoms with van der Waals surface area (Å²) < 4.78 is 17.9. The van der Waals surface area contributed by atoms with E-state index in [0.29, 0.717) is 15.4 Å². The Hall–Kier alpha value is -2.06. The molecule has 0 aliphatic rings. The molecule has 0 saturated heterocycles. The number of hydrogen-bond donors (Lipinski definition) is 1. The van der Waals surface area contributed by atoms with Crippen LogP contribution < -0.4 is 4.18 Å². The van der Waals surface area contributed by atoms with Gasteiger partial charge in [-0.3, -0.25) is 10.1 Å². The third kappa shape index (κ3) is 2.68. The van der Waals surface area contributed by atoms with Gasteiger partial charge in [0.2, 0.25) is 0 Å². The van der Waals surface area contributed by atoms with Gasteiger partial charge in [0.1, 0.15) is 5.52 Å². The molecule has 118 valence electrons. The van der Waals surface area contributed by atoms with E-state index < -0.39 is 4.92 Å². The van der Waals surface area contributed by atoms with Crippen molar-refractivity contribution in [3.8, 4) is 17.0 Å². The standard InChI is InChI=1S/C15H10BrFN2O3S/c1-8-14(19(20)21)13-10(12(16)15(8)22-23-17)7-11(18-13)9-5-3-2-4-6-9/h2-7,18H,1H3. The number of fused-ring (bicyclic) bond motifs is 1. The van der Waals surface area contributed by atoms with Crippen LogP contribution in [0.3, 0.4) is 0 Å². The molecule has 0 saturated carbocycles. The summed E-state index contributed by atoms with van der Waals surface area (Å²) in [6.45, 7) is 1.52. The Kier molecular flexibility index (Phi) is 4.27. The molecule has 2 aromatic carbocycles. The van der Waals surface area contributed by atoms with E-state index in [1.165, 1.54) is 6.92 Å². The normalized spacial score (nSPS) is 10.9. The van der Waals surface area contributed by atoms with Gasteiger partial charge in [-0.15, -0.1) is 3.89 Å². The SMILES string of the molecule is Cc1c(OSF)c(Br)c2cc(-c3ccccc3)[nH]c2c1[N+](=O)[O-]. The van der Waals surface area contributed by atoms with E-state index in [4.69, 9.17) is 4.18 Å². The van der Waals surface area contributed by atoms with Gasteiger partial charge in [0.25, 0.3) is 18.1 Å². The molecule has 0 amide bonds. The van der Waals surface area contributed by atoms with Crippen LogP contribution in [0.2, 0.25) is 0 Å². The number of nitrogens with zero attached hydrogens (tertiary/aromatic N) is 1. The van der Waals surface area contributed by atoms with Crippen LogP contribution in [0.15, 0.2) is 40.9 Å². The Bertz CT molecular complexity index is 899. The highest BCUT2D eigenvalue weighted by atomic mass is 79.9. The predicted octanol–water partition coefficient (Wildman–Crippen LogP) is 5.73. The first-order chi connectivity index (χ1) is 11.0. The molecule has 0 unspecified atom stereocenters. The number of rotatable bonds is 4. The molecule has 0 fully saturated rings. The van der Waals surface area contributed by atoms with Crippen LogP contribution in [0, 0.1) is 17.0 Å². The fourth-order valence-corrected chi connectivity index (χ4v) is 3.60. The van der Waals surface area contributed by atoms with Crippen LogP contribution in [0.25, 0.3) is 22.2 Å². The molecule has 3 rings (SSSR count). The number of H-pyrrole nitrogens is 1. The molecule has 0 aliphatic carbocycles. The first-order valence-electron chi connectivity index (χ1n) is 6.54. The highest BCUT2D eigenvalue weighted by Crippen LogP contribution is 2.45. The lowest BCUT2D eigenvalue weighted by atomic mass is 10.1. The van der Waals surface area contributed by atoms with Gasteiger partial charge in [-0.1, -0.05) is 30.3 Å². The highest BCUT2D eigenvalue weighted by molar-refractivity contribution is 9.10. The summed E-state index contributed by atoms with van der Waals surface area (Å²) in [6.07, 6.45) is 0. The first kappa shape index (κ1) is 15.8. The first-order valence-corrected chi connectivity index (χ1v) is 7.98. The molecule has 0 aliphatic heterocycles. The van der Waals surface area contributed by atoms with Crippen molar-refractivity contribution in [1.29, 1.82) is 0 Å². The summed E-state index contributed by atoms with van der Waals surface area (Å²) in [6, 6.07) is 11.2. The fourth-order valence-electron chi connectivity index (χ4n) is 2.53. The van der Waals surface area contributed by atoms with Crippen LogP contribution in [-0.4, -0.2) is 9.91 Å². The van der Waals surface area contributed by atoms with Crippen molar-refractivity contribution < 1.29 is 13.0 Å². The molecule has 0 bridgehead atoms. The highest BCUT2D eigenvalue weighted by Gasteiger charge is 2.26. The average molecular weight is 397 g/mol. The fraction of sp³-hybridized carbons (Fsp3) is 0.0667. The molecular weight excluding hydrogens is 387 g/mol. The van der Waals surface area contributed by atoms with Gasteiger partial charge in [0.05, 0.1) is 15.0 Å². The number of nitro groups is 1. The molecule has 8 heteroatoms. The number of benzene rings is 2. The van der Waals surface area contributed by atoms with Gasteiger partial charge in [0.15, 0.2) is 5.75 Å². The Morgan fingerprint density at radius 2 is 2.04 bits per heavy atom. The Morgan fingerprint density at radius 1 is 1.35 bits per heavy atom. The zero-order chi connectivity index (χ0) is 16.6. The molecule has 0 spiro atoms. The largest absolute Gasteiger partial charge is 0.395 e. The van der Waals surface area contributed by atoms with Crippen molar-refractivity contribution in [2.75, 3.05) is 0 Å². The molecule has 3 aromatic rings. The second-order valence-electron chi connectivity index (χ2n) is 4.86. The number of hydrogen-bond acceptors (Lipinski definition) is 4. The maximum absolute atomic E-state index is 12.5. The van der Waals surface area contributed by atoms with Crippen molar-refractivity contribution >= 4 is 44.9 Å². The van der Waals surface area contributed by atoms with E-state index in [1.807, 2.05) is 30.3 Å². The minimum absolute atomic E-state index is 0.107. The summed E-state index contributed by atoms with van der Waals surface area (Å²) in [4.78, 5) is 14.1. The van der Waals surface area contributed by atoms with Crippen molar-refractivity contribution in [1.82, 2.24) is 4.98 Å². The minimum Gasteiger partial charge on any atom is -0.395 e. The summed E-state index contributed by atoms with van der Waals surface area (Å²) in [5.41, 5.74) is 2.11. The summed E-state index contributed by atoms with van der Waals surface area (Å²) >= 11 is 3.01. The maximum atomic E-state index is 12.5. The topological polar surface area (TPSA) is 68.2 Å². The van der Waals surface area contributed by atoms with Crippen LogP contribution in [0.1, 0.15) is 5.56 Å². The molecule has 0 radical (unpaired) electrons. The monoisotopic (exact) mass is 396 g/mol. The number of nitrogens with one attached hydrogen (secondary N) is 1. The Labute approximate surface area is 143 Å². The Morgan fingerprint density at radius 3 is 2.65 bits per heavy atom. The summed E-state index contributed by atoms with van der Waals surface area (Å²) in [7, 11) is 0. The summed E-state index contributed by atoms with van der Waals surface area (Å²) in [5, 5.41) is 12.0. The second-order valence-corrected chi connectivity index (χ2v) is 5.94. The Balaban J connectivity index is 2.34. The summed E-state index contributed by atoms with van der Waals surface area (Å²) in [5.74, 6) is 0.107. The van der Waals surface area contributed by atoms with Crippen LogP contribution in [-0.2, 0) is 0 Å². The van der Waals surface area contributed by atoms with Crippen molar-refractivity contribution in [2.45, 2.75) is 6.92 Å². The minimum atomic E-state index is -0.495. The number of halogens is 2. The molecule has 1 heterocycles. The van der Waals surface area contributed by atoms with Crippen molar-refractivity contribution in [2.24, 2.45) is 0 Å². The van der Waals surface area contributed by atoms with Gasteiger partial charge < -0.3 is 9.17 Å². The van der Waals surface area contributed by atoms with Crippen LogP contribution in [0.4, 0.5) is 9.57 Å². The van der Waals surface area contributed by atoms with Crippen LogP contribution in [0.5, 0.6) is 5.75 Å².